The van der Waals surface area contributed by atoms with Gasteiger partial charge in [0.2, 0.25) is 5.91 Å². The molecule has 0 radical (unpaired) electrons. The van der Waals surface area contributed by atoms with Gasteiger partial charge in [0.1, 0.15) is 5.75 Å². The van der Waals surface area contributed by atoms with Gasteiger partial charge in [-0.1, -0.05) is 0 Å². The number of nitrogens with one attached hydrogen (secondary N) is 1. The van der Waals surface area contributed by atoms with Crippen molar-refractivity contribution in [2.24, 2.45) is 0 Å². The highest BCUT2D eigenvalue weighted by Gasteiger charge is 2.25. The first-order valence-corrected chi connectivity index (χ1v) is 7.93. The number of furan rings is 1. The molecule has 3 rings (SSSR count). The fourth-order valence-corrected chi connectivity index (χ4v) is 2.81. The summed E-state index contributed by atoms with van der Waals surface area (Å²) >= 11 is 3.17. The van der Waals surface area contributed by atoms with E-state index >= 15 is 0 Å². The number of carbonyl (C=O) groups excluding carboxylic acids is 2. The van der Waals surface area contributed by atoms with Crippen molar-refractivity contribution in [2.45, 2.75) is 12.8 Å². The fraction of sp³-hybridized carbons (Fsp3) is 0.250. The number of halogens is 1. The molecule has 1 saturated heterocycles. The molecule has 1 fully saturated rings. The van der Waals surface area contributed by atoms with E-state index in [1.807, 2.05) is 0 Å². The molecule has 0 spiro atoms. The third-order valence-electron chi connectivity index (χ3n) is 3.61. The summed E-state index contributed by atoms with van der Waals surface area (Å²) in [7, 11) is 1.55. The van der Waals surface area contributed by atoms with Crippen LogP contribution in [0, 0.1) is 0 Å². The number of hydrogen-bond acceptors (Lipinski definition) is 4. The van der Waals surface area contributed by atoms with Gasteiger partial charge in [0.05, 0.1) is 18.5 Å². The highest BCUT2D eigenvalue weighted by Crippen LogP contribution is 2.33. The van der Waals surface area contributed by atoms with E-state index in [0.29, 0.717) is 34.8 Å². The number of nitrogens with zero attached hydrogens (tertiary/aromatic N) is 1. The van der Waals surface area contributed by atoms with E-state index in [-0.39, 0.29) is 11.7 Å². The van der Waals surface area contributed by atoms with Gasteiger partial charge >= 0.3 is 0 Å². The summed E-state index contributed by atoms with van der Waals surface area (Å²) in [5.74, 6) is 0.429. The van der Waals surface area contributed by atoms with Gasteiger partial charge in [-0.3, -0.25) is 9.59 Å². The number of amides is 2. The molecule has 1 aliphatic rings. The molecule has 1 aromatic carbocycles. The number of ether oxygens (including phenoxy) is 1. The molecule has 0 saturated carbocycles. The van der Waals surface area contributed by atoms with Crippen LogP contribution in [0.25, 0.3) is 0 Å². The molecule has 23 heavy (non-hydrogen) atoms. The van der Waals surface area contributed by atoms with Gasteiger partial charge in [0.15, 0.2) is 10.4 Å². The monoisotopic (exact) mass is 378 g/mol. The molecule has 7 heteroatoms. The van der Waals surface area contributed by atoms with Crippen molar-refractivity contribution in [3.63, 3.8) is 0 Å². The quantitative estimate of drug-likeness (QED) is 0.884. The fourth-order valence-electron chi connectivity index (χ4n) is 2.50. The van der Waals surface area contributed by atoms with E-state index in [1.54, 1.807) is 42.3 Å². The maximum atomic E-state index is 12.3. The summed E-state index contributed by atoms with van der Waals surface area (Å²) in [5, 5.41) is 2.78. The Morgan fingerprint density at radius 2 is 2.17 bits per heavy atom. The molecule has 2 amide bonds. The third-order valence-corrected chi connectivity index (χ3v) is 4.04. The van der Waals surface area contributed by atoms with Crippen molar-refractivity contribution in [1.82, 2.24) is 0 Å². The molecule has 120 valence electrons. The van der Waals surface area contributed by atoms with Crippen LogP contribution < -0.4 is 15.0 Å². The molecule has 1 aliphatic heterocycles. The summed E-state index contributed by atoms with van der Waals surface area (Å²) < 4.78 is 10.9. The predicted octanol–water partition coefficient (Wildman–Crippen LogP) is 3.43. The van der Waals surface area contributed by atoms with Crippen LogP contribution in [0.5, 0.6) is 5.75 Å². The Balaban J connectivity index is 1.92. The second-order valence-electron chi connectivity index (χ2n) is 5.09. The van der Waals surface area contributed by atoms with Crippen LogP contribution in [0.1, 0.15) is 23.4 Å². The lowest BCUT2D eigenvalue weighted by Gasteiger charge is -2.20. The Labute approximate surface area is 141 Å². The number of rotatable bonds is 4. The van der Waals surface area contributed by atoms with Crippen molar-refractivity contribution >= 4 is 39.1 Å². The van der Waals surface area contributed by atoms with Crippen LogP contribution in [0.3, 0.4) is 0 Å². The summed E-state index contributed by atoms with van der Waals surface area (Å²) in [6.45, 7) is 0.639. The highest BCUT2D eigenvalue weighted by atomic mass is 79.9. The Hall–Kier alpha value is -2.28. The van der Waals surface area contributed by atoms with E-state index in [4.69, 9.17) is 9.15 Å². The second kappa shape index (κ2) is 6.45. The molecule has 0 aliphatic carbocycles. The Bertz CT molecular complexity index is 756. The first-order chi connectivity index (χ1) is 11.1. The zero-order chi connectivity index (χ0) is 16.4. The number of methoxy groups -OCH3 is 1. The van der Waals surface area contributed by atoms with Crippen molar-refractivity contribution in [1.29, 1.82) is 0 Å². The van der Waals surface area contributed by atoms with Gasteiger partial charge in [-0.2, -0.15) is 0 Å². The topological polar surface area (TPSA) is 71.8 Å². The van der Waals surface area contributed by atoms with Gasteiger partial charge in [0.25, 0.3) is 5.91 Å². The number of anilines is 2. The average molecular weight is 379 g/mol. The van der Waals surface area contributed by atoms with E-state index in [2.05, 4.69) is 21.2 Å². The zero-order valence-electron chi connectivity index (χ0n) is 12.5. The minimum atomic E-state index is -0.392. The zero-order valence-corrected chi connectivity index (χ0v) is 14.1. The van der Waals surface area contributed by atoms with Crippen LogP contribution in [-0.4, -0.2) is 25.5 Å². The molecule has 1 aromatic heterocycles. The Morgan fingerprint density at radius 3 is 2.78 bits per heavy atom. The summed E-state index contributed by atoms with van der Waals surface area (Å²) in [4.78, 5) is 26.0. The number of benzene rings is 1. The van der Waals surface area contributed by atoms with Crippen molar-refractivity contribution < 1.29 is 18.7 Å². The molecule has 0 unspecified atom stereocenters. The van der Waals surface area contributed by atoms with Crippen LogP contribution in [0.2, 0.25) is 0 Å². The maximum Gasteiger partial charge on any atom is 0.291 e. The first kappa shape index (κ1) is 15.6. The van der Waals surface area contributed by atoms with Crippen molar-refractivity contribution in [3.05, 3.63) is 40.8 Å². The normalized spacial score (nSPS) is 14.2. The van der Waals surface area contributed by atoms with Gasteiger partial charge < -0.3 is 19.4 Å². The molecular formula is C16H15BrN2O4. The van der Waals surface area contributed by atoms with Gasteiger partial charge in [-0.05, 0) is 46.6 Å². The predicted molar refractivity (Wildman–Crippen MR) is 88.9 cm³/mol. The molecule has 2 heterocycles. The largest absolute Gasteiger partial charge is 0.497 e. The maximum absolute atomic E-state index is 12.3. The van der Waals surface area contributed by atoms with Crippen molar-refractivity contribution in [3.8, 4) is 5.75 Å². The van der Waals surface area contributed by atoms with Crippen LogP contribution in [0.15, 0.2) is 39.4 Å². The van der Waals surface area contributed by atoms with E-state index < -0.39 is 5.91 Å². The lowest BCUT2D eigenvalue weighted by atomic mass is 10.2. The minimum absolute atomic E-state index is 0.0476. The summed E-state index contributed by atoms with van der Waals surface area (Å²) in [6.07, 6.45) is 1.33. The van der Waals surface area contributed by atoms with Gasteiger partial charge in [0, 0.05) is 19.0 Å². The molecular weight excluding hydrogens is 364 g/mol. The molecule has 2 aromatic rings. The van der Waals surface area contributed by atoms with Gasteiger partial charge in [-0.25, -0.2) is 0 Å². The smallest absolute Gasteiger partial charge is 0.291 e. The second-order valence-corrected chi connectivity index (χ2v) is 5.87. The SMILES string of the molecule is COc1ccc(N2CCCC2=O)c(NC(=O)c2ccc(Br)o2)c1. The first-order valence-electron chi connectivity index (χ1n) is 7.13. The molecule has 0 bridgehead atoms. The summed E-state index contributed by atoms with van der Waals surface area (Å²) in [5.41, 5.74) is 1.17. The third kappa shape index (κ3) is 3.24. The molecule has 0 atom stereocenters. The van der Waals surface area contributed by atoms with Crippen molar-refractivity contribution in [2.75, 3.05) is 23.9 Å². The Kier molecular flexibility index (Phi) is 4.38. The van der Waals surface area contributed by atoms with Crippen LogP contribution >= 0.6 is 15.9 Å². The van der Waals surface area contributed by atoms with E-state index in [9.17, 15) is 9.59 Å². The molecule has 6 nitrogen and oxygen atoms in total. The van der Waals surface area contributed by atoms with E-state index in [0.717, 1.165) is 6.42 Å². The lowest BCUT2D eigenvalue weighted by Crippen LogP contribution is -2.25. The van der Waals surface area contributed by atoms with E-state index in [1.165, 1.54) is 0 Å². The molecule has 1 N–H and O–H groups in total. The van der Waals surface area contributed by atoms with Gasteiger partial charge in [-0.15, -0.1) is 0 Å². The summed E-state index contributed by atoms with van der Waals surface area (Å²) in [6, 6.07) is 8.44. The standard InChI is InChI=1S/C16H15BrN2O4/c1-22-10-4-5-12(19-8-2-3-15(19)20)11(9-10)18-16(21)13-6-7-14(17)23-13/h4-7,9H,2-3,8H2,1H3,(H,18,21). The van der Waals surface area contributed by atoms with Crippen LogP contribution in [-0.2, 0) is 4.79 Å². The minimum Gasteiger partial charge on any atom is -0.497 e. The van der Waals surface area contributed by atoms with Crippen LogP contribution in [0.4, 0.5) is 11.4 Å². The number of carbonyl (C=O) groups is 2. The number of hydrogen-bond donors (Lipinski definition) is 1. The Morgan fingerprint density at radius 1 is 1.35 bits per heavy atom. The highest BCUT2D eigenvalue weighted by molar-refractivity contribution is 9.10. The lowest BCUT2D eigenvalue weighted by molar-refractivity contribution is -0.117. The average Bonchev–Trinajstić information content (AvgIpc) is 3.16.